The fourth-order valence-electron chi connectivity index (χ4n) is 3.03. The summed E-state index contributed by atoms with van der Waals surface area (Å²) < 4.78 is 0. The van der Waals surface area contributed by atoms with E-state index in [1.54, 1.807) is 0 Å². The highest BCUT2D eigenvalue weighted by atomic mass is 16.2. The molecule has 116 valence electrons. The van der Waals surface area contributed by atoms with Gasteiger partial charge in [0.05, 0.1) is 0 Å². The van der Waals surface area contributed by atoms with Crippen LogP contribution in [0.4, 0.5) is 4.79 Å². The molecule has 0 bridgehead atoms. The van der Waals surface area contributed by atoms with Crippen LogP contribution in [0.15, 0.2) is 0 Å². The summed E-state index contributed by atoms with van der Waals surface area (Å²) in [6, 6.07) is 1.49. The van der Waals surface area contributed by atoms with Gasteiger partial charge in [0, 0.05) is 37.8 Å². The Morgan fingerprint density at radius 1 is 1.20 bits per heavy atom. The molecular formula is C15H30N4O. The van der Waals surface area contributed by atoms with Crippen molar-refractivity contribution in [1.29, 1.82) is 0 Å². The molecule has 1 saturated heterocycles. The monoisotopic (exact) mass is 282 g/mol. The Morgan fingerprint density at radius 2 is 1.80 bits per heavy atom. The quantitative estimate of drug-likeness (QED) is 0.824. The summed E-state index contributed by atoms with van der Waals surface area (Å²) in [6.45, 7) is 8.43. The van der Waals surface area contributed by atoms with Crippen LogP contribution >= 0.6 is 0 Å². The first kappa shape index (κ1) is 15.6. The average Bonchev–Trinajstić information content (AvgIpc) is 3.15. The van der Waals surface area contributed by atoms with Crippen LogP contribution in [0, 0.1) is 0 Å². The molecule has 2 amide bonds. The van der Waals surface area contributed by atoms with Crippen LogP contribution in [0.3, 0.4) is 0 Å². The lowest BCUT2D eigenvalue weighted by Gasteiger charge is -2.44. The number of carbonyl (C=O) groups excluding carboxylic acids is 1. The molecular weight excluding hydrogens is 252 g/mol. The summed E-state index contributed by atoms with van der Waals surface area (Å²) in [4.78, 5) is 18.9. The summed E-state index contributed by atoms with van der Waals surface area (Å²) >= 11 is 0. The van der Waals surface area contributed by atoms with Gasteiger partial charge in [0.1, 0.15) is 0 Å². The van der Waals surface area contributed by atoms with E-state index in [0.717, 1.165) is 39.0 Å². The van der Waals surface area contributed by atoms with Crippen molar-refractivity contribution in [2.45, 2.75) is 51.2 Å². The second-order valence-electron chi connectivity index (χ2n) is 6.72. The molecule has 0 aromatic rings. The second kappa shape index (κ2) is 6.76. The molecule has 0 aromatic carbocycles. The van der Waals surface area contributed by atoms with Gasteiger partial charge in [-0.2, -0.15) is 0 Å². The minimum Gasteiger partial charge on any atom is -0.335 e. The zero-order valence-corrected chi connectivity index (χ0v) is 13.4. The minimum atomic E-state index is 0.138. The Labute approximate surface area is 123 Å². The smallest absolute Gasteiger partial charge is 0.317 e. The first-order chi connectivity index (χ1) is 9.47. The van der Waals surface area contributed by atoms with Crippen molar-refractivity contribution in [2.75, 3.05) is 40.3 Å². The lowest BCUT2D eigenvalue weighted by molar-refractivity contribution is 0.0530. The molecule has 0 radical (unpaired) electrons. The van der Waals surface area contributed by atoms with E-state index < -0.39 is 0 Å². The molecule has 2 fully saturated rings. The number of urea groups is 1. The number of nitrogens with one attached hydrogen (secondary N) is 1. The maximum atomic E-state index is 12.1. The van der Waals surface area contributed by atoms with Gasteiger partial charge in [-0.3, -0.25) is 4.90 Å². The Bertz CT molecular complexity index is 318. The first-order valence-electron chi connectivity index (χ1n) is 7.93. The van der Waals surface area contributed by atoms with Crippen molar-refractivity contribution in [3.05, 3.63) is 0 Å². The highest BCUT2D eigenvalue weighted by Gasteiger charge is 2.33. The third kappa shape index (κ3) is 4.35. The largest absolute Gasteiger partial charge is 0.335 e. The number of nitrogens with zero attached hydrogens (tertiary/aromatic N) is 3. The van der Waals surface area contributed by atoms with Gasteiger partial charge in [-0.15, -0.1) is 0 Å². The van der Waals surface area contributed by atoms with Crippen molar-refractivity contribution < 1.29 is 4.79 Å². The number of hydrogen-bond donors (Lipinski definition) is 1. The molecule has 5 nitrogen and oxygen atoms in total. The highest BCUT2D eigenvalue weighted by Crippen LogP contribution is 2.21. The van der Waals surface area contributed by atoms with E-state index in [9.17, 15) is 4.79 Å². The summed E-state index contributed by atoms with van der Waals surface area (Å²) in [5, 5.41) is 3.10. The third-order valence-corrected chi connectivity index (χ3v) is 4.32. The second-order valence-corrected chi connectivity index (χ2v) is 6.72. The standard InChI is InChI=1S/C15H30N4O/c1-12-10-18(15(20)16-14-6-7-14)11-13(2)19(12)9-5-8-17(3)4/h12-14H,5-11H2,1-4H3,(H,16,20). The van der Waals surface area contributed by atoms with Crippen LogP contribution in [-0.2, 0) is 0 Å². The molecule has 20 heavy (non-hydrogen) atoms. The molecule has 2 unspecified atom stereocenters. The van der Waals surface area contributed by atoms with E-state index in [2.05, 4.69) is 43.1 Å². The maximum Gasteiger partial charge on any atom is 0.317 e. The molecule has 1 N–H and O–H groups in total. The minimum absolute atomic E-state index is 0.138. The summed E-state index contributed by atoms with van der Waals surface area (Å²) in [5.74, 6) is 0. The number of hydrogen-bond acceptors (Lipinski definition) is 3. The van der Waals surface area contributed by atoms with Gasteiger partial charge in [0.15, 0.2) is 0 Å². The third-order valence-electron chi connectivity index (χ3n) is 4.32. The molecule has 1 aliphatic heterocycles. The highest BCUT2D eigenvalue weighted by molar-refractivity contribution is 5.75. The Balaban J connectivity index is 1.79. The normalized spacial score (nSPS) is 27.9. The number of amides is 2. The lowest BCUT2D eigenvalue weighted by Crippen LogP contribution is -2.60. The Kier molecular flexibility index (Phi) is 5.27. The van der Waals surface area contributed by atoms with Gasteiger partial charge in [-0.25, -0.2) is 4.79 Å². The van der Waals surface area contributed by atoms with Crippen molar-refractivity contribution >= 4 is 6.03 Å². The summed E-state index contributed by atoms with van der Waals surface area (Å²) in [6.07, 6.45) is 3.50. The predicted molar refractivity (Wildman–Crippen MR) is 81.9 cm³/mol. The van der Waals surface area contributed by atoms with E-state index in [1.165, 1.54) is 6.42 Å². The van der Waals surface area contributed by atoms with Crippen molar-refractivity contribution in [3.8, 4) is 0 Å². The lowest BCUT2D eigenvalue weighted by atomic mass is 10.1. The van der Waals surface area contributed by atoms with Crippen molar-refractivity contribution in [1.82, 2.24) is 20.0 Å². The van der Waals surface area contributed by atoms with E-state index >= 15 is 0 Å². The molecule has 1 aliphatic carbocycles. The van der Waals surface area contributed by atoms with E-state index in [-0.39, 0.29) is 6.03 Å². The number of piperazine rings is 1. The van der Waals surface area contributed by atoms with Gasteiger partial charge < -0.3 is 15.1 Å². The first-order valence-corrected chi connectivity index (χ1v) is 7.93. The van der Waals surface area contributed by atoms with Gasteiger partial charge in [0.2, 0.25) is 0 Å². The Hall–Kier alpha value is -0.810. The number of rotatable bonds is 5. The molecule has 1 saturated carbocycles. The molecule has 2 aliphatic rings. The summed E-state index contributed by atoms with van der Waals surface area (Å²) in [7, 11) is 4.24. The average molecular weight is 282 g/mol. The van der Waals surface area contributed by atoms with Crippen LogP contribution in [-0.4, -0.2) is 79.1 Å². The zero-order chi connectivity index (χ0) is 14.7. The van der Waals surface area contributed by atoms with E-state index in [0.29, 0.717) is 18.1 Å². The van der Waals surface area contributed by atoms with Crippen molar-refractivity contribution in [3.63, 3.8) is 0 Å². The van der Waals surface area contributed by atoms with Crippen LogP contribution in [0.5, 0.6) is 0 Å². The fraction of sp³-hybridized carbons (Fsp3) is 0.933. The van der Waals surface area contributed by atoms with Crippen LogP contribution in [0.25, 0.3) is 0 Å². The molecule has 0 aromatic heterocycles. The fourth-order valence-corrected chi connectivity index (χ4v) is 3.03. The molecule has 2 rings (SSSR count). The van der Waals surface area contributed by atoms with Crippen LogP contribution in [0.2, 0.25) is 0 Å². The topological polar surface area (TPSA) is 38.8 Å². The zero-order valence-electron chi connectivity index (χ0n) is 13.4. The molecule has 5 heteroatoms. The van der Waals surface area contributed by atoms with Crippen LogP contribution < -0.4 is 5.32 Å². The van der Waals surface area contributed by atoms with Gasteiger partial charge in [-0.05, 0) is 53.8 Å². The van der Waals surface area contributed by atoms with Crippen LogP contribution in [0.1, 0.15) is 33.1 Å². The van der Waals surface area contributed by atoms with Gasteiger partial charge in [0.25, 0.3) is 0 Å². The number of carbonyl (C=O) groups is 1. The molecule has 0 spiro atoms. The predicted octanol–water partition coefficient (Wildman–Crippen LogP) is 1.20. The van der Waals surface area contributed by atoms with E-state index in [1.807, 2.05) is 4.90 Å². The SMILES string of the molecule is CC1CN(C(=O)NC2CC2)CC(C)N1CCCN(C)C. The van der Waals surface area contributed by atoms with E-state index in [4.69, 9.17) is 0 Å². The molecule has 1 heterocycles. The maximum absolute atomic E-state index is 12.1. The Morgan fingerprint density at radius 3 is 2.30 bits per heavy atom. The van der Waals surface area contributed by atoms with Crippen molar-refractivity contribution in [2.24, 2.45) is 0 Å². The van der Waals surface area contributed by atoms with Gasteiger partial charge >= 0.3 is 6.03 Å². The van der Waals surface area contributed by atoms with Gasteiger partial charge in [-0.1, -0.05) is 0 Å². The molecule has 2 atom stereocenters. The summed E-state index contributed by atoms with van der Waals surface area (Å²) in [5.41, 5.74) is 0.